The molecule has 0 radical (unpaired) electrons. The van der Waals surface area contributed by atoms with Gasteiger partial charge in [-0.25, -0.2) is 0 Å². The van der Waals surface area contributed by atoms with Crippen molar-refractivity contribution in [3.05, 3.63) is 0 Å². The third-order valence-corrected chi connectivity index (χ3v) is 3.30. The van der Waals surface area contributed by atoms with E-state index < -0.39 is 23.4 Å². The lowest BCUT2D eigenvalue weighted by Crippen LogP contribution is -2.27. The van der Waals surface area contributed by atoms with Crippen LogP contribution in [0.2, 0.25) is 0 Å². The molecule has 14 heavy (non-hydrogen) atoms. The highest BCUT2D eigenvalue weighted by molar-refractivity contribution is 7.85. The van der Waals surface area contributed by atoms with Crippen molar-refractivity contribution >= 4 is 10.8 Å². The third kappa shape index (κ3) is 8.50. The molecule has 0 aliphatic carbocycles. The molecule has 0 aromatic carbocycles. The van der Waals surface area contributed by atoms with Gasteiger partial charge in [-0.15, -0.1) is 0 Å². The molecule has 0 saturated heterocycles. The van der Waals surface area contributed by atoms with Gasteiger partial charge >= 0.3 is 6.18 Å². The molecule has 0 aromatic heterocycles. The van der Waals surface area contributed by atoms with E-state index in [0.29, 0.717) is 12.2 Å². The molecule has 2 nitrogen and oxygen atoms in total. The van der Waals surface area contributed by atoms with E-state index in [2.05, 4.69) is 0 Å². The van der Waals surface area contributed by atoms with Crippen LogP contribution in [-0.4, -0.2) is 27.9 Å². The van der Waals surface area contributed by atoms with Crippen molar-refractivity contribution < 1.29 is 17.4 Å². The van der Waals surface area contributed by atoms with Gasteiger partial charge in [0.15, 0.2) is 0 Å². The van der Waals surface area contributed by atoms with Crippen LogP contribution >= 0.6 is 0 Å². The van der Waals surface area contributed by atoms with E-state index in [9.17, 15) is 17.4 Å². The van der Waals surface area contributed by atoms with Crippen molar-refractivity contribution in [2.24, 2.45) is 5.73 Å². The molecular weight excluding hydrogens is 215 g/mol. The average molecular weight is 231 g/mol. The summed E-state index contributed by atoms with van der Waals surface area (Å²) in [4.78, 5) is 0. The normalized spacial score (nSPS) is 16.6. The number of halogens is 3. The summed E-state index contributed by atoms with van der Waals surface area (Å²) in [6, 6.07) is -0.165. The van der Waals surface area contributed by atoms with Gasteiger partial charge in [0, 0.05) is 34.8 Å². The van der Waals surface area contributed by atoms with E-state index in [-0.39, 0.29) is 18.2 Å². The van der Waals surface area contributed by atoms with Crippen LogP contribution in [0.5, 0.6) is 0 Å². The third-order valence-electron chi connectivity index (χ3n) is 1.76. The average Bonchev–Trinajstić information content (AvgIpc) is 2.01. The van der Waals surface area contributed by atoms with E-state index in [1.165, 1.54) is 0 Å². The first-order chi connectivity index (χ1) is 6.35. The molecule has 2 N–H and O–H groups in total. The van der Waals surface area contributed by atoms with Gasteiger partial charge in [-0.3, -0.25) is 4.21 Å². The summed E-state index contributed by atoms with van der Waals surface area (Å²) >= 11 is 0. The first-order valence-corrected chi connectivity index (χ1v) is 6.01. The number of rotatable bonds is 6. The molecule has 86 valence electrons. The Hall–Kier alpha value is -0.100. The molecule has 0 aromatic rings. The predicted octanol–water partition coefficient (Wildman–Crippen LogP) is 1.81. The minimum Gasteiger partial charge on any atom is -0.327 e. The van der Waals surface area contributed by atoms with E-state index >= 15 is 0 Å². The minimum absolute atomic E-state index is 0.0768. The van der Waals surface area contributed by atoms with Crippen LogP contribution in [0.25, 0.3) is 0 Å². The maximum atomic E-state index is 11.7. The fraction of sp³-hybridized carbons (Fsp3) is 1.00. The summed E-state index contributed by atoms with van der Waals surface area (Å²) in [6.07, 6.45) is -4.38. The molecular formula is C8H16F3NOS. The van der Waals surface area contributed by atoms with Crippen molar-refractivity contribution in [3.63, 3.8) is 0 Å². The summed E-state index contributed by atoms with van der Waals surface area (Å²) in [5.41, 5.74) is 5.52. The van der Waals surface area contributed by atoms with Crippen LogP contribution < -0.4 is 5.73 Å². The maximum Gasteiger partial charge on any atom is 0.389 e. The van der Waals surface area contributed by atoms with E-state index in [4.69, 9.17) is 5.73 Å². The fourth-order valence-electron chi connectivity index (χ4n) is 0.874. The lowest BCUT2D eigenvalue weighted by Gasteiger charge is -2.09. The van der Waals surface area contributed by atoms with Crippen molar-refractivity contribution in [3.8, 4) is 0 Å². The van der Waals surface area contributed by atoms with E-state index in [1.54, 1.807) is 0 Å². The Bertz CT molecular complexity index is 184. The molecule has 2 unspecified atom stereocenters. The molecule has 2 atom stereocenters. The van der Waals surface area contributed by atoms with E-state index in [0.717, 1.165) is 0 Å². The monoisotopic (exact) mass is 231 g/mol. The van der Waals surface area contributed by atoms with Gasteiger partial charge in [0.1, 0.15) is 0 Å². The highest BCUT2D eigenvalue weighted by Crippen LogP contribution is 2.21. The summed E-state index contributed by atoms with van der Waals surface area (Å²) in [6.45, 7) is 1.86. The number of hydrogen-bond acceptors (Lipinski definition) is 2. The van der Waals surface area contributed by atoms with Gasteiger partial charge in [0.05, 0.1) is 0 Å². The molecule has 0 heterocycles. The van der Waals surface area contributed by atoms with Gasteiger partial charge in [-0.2, -0.15) is 13.2 Å². The standard InChI is InChI=1S/C8H16F3NOS/c1-2-7(12)6-14(13)5-3-4-8(9,10)11/h7H,2-6,12H2,1H3. The zero-order valence-electron chi connectivity index (χ0n) is 8.14. The molecule has 0 saturated carbocycles. The highest BCUT2D eigenvalue weighted by atomic mass is 32.2. The van der Waals surface area contributed by atoms with Gasteiger partial charge in [0.25, 0.3) is 0 Å². The second-order valence-electron chi connectivity index (χ2n) is 3.20. The van der Waals surface area contributed by atoms with Crippen LogP contribution in [0.4, 0.5) is 13.2 Å². The van der Waals surface area contributed by atoms with Gasteiger partial charge < -0.3 is 5.73 Å². The number of alkyl halides is 3. The largest absolute Gasteiger partial charge is 0.389 e. The van der Waals surface area contributed by atoms with Crippen molar-refractivity contribution in [1.82, 2.24) is 0 Å². The second kappa shape index (κ2) is 6.40. The van der Waals surface area contributed by atoms with Crippen molar-refractivity contribution in [1.29, 1.82) is 0 Å². The van der Waals surface area contributed by atoms with Gasteiger partial charge in [-0.05, 0) is 12.8 Å². The van der Waals surface area contributed by atoms with Crippen LogP contribution in [-0.2, 0) is 10.8 Å². The van der Waals surface area contributed by atoms with Crippen LogP contribution in [0.3, 0.4) is 0 Å². The molecule has 6 heteroatoms. The Morgan fingerprint density at radius 2 is 2.00 bits per heavy atom. The predicted molar refractivity (Wildman–Crippen MR) is 51.4 cm³/mol. The van der Waals surface area contributed by atoms with Crippen LogP contribution in [0, 0.1) is 0 Å². The summed E-state index contributed by atoms with van der Waals surface area (Å²) in [7, 11) is -1.21. The lowest BCUT2D eigenvalue weighted by molar-refractivity contribution is -0.134. The van der Waals surface area contributed by atoms with Crippen molar-refractivity contribution in [2.45, 2.75) is 38.4 Å². The molecule has 0 rings (SSSR count). The molecule has 0 aliphatic rings. The highest BCUT2D eigenvalue weighted by Gasteiger charge is 2.26. The SMILES string of the molecule is CCC(N)CS(=O)CCCC(F)(F)F. The quantitative estimate of drug-likeness (QED) is 0.757. The first-order valence-electron chi connectivity index (χ1n) is 4.52. The lowest BCUT2D eigenvalue weighted by atomic mass is 10.3. The van der Waals surface area contributed by atoms with Crippen LogP contribution in [0.1, 0.15) is 26.2 Å². The zero-order valence-corrected chi connectivity index (χ0v) is 8.96. The number of nitrogens with two attached hydrogens (primary N) is 1. The van der Waals surface area contributed by atoms with Gasteiger partial charge in [0.2, 0.25) is 0 Å². The van der Waals surface area contributed by atoms with E-state index in [1.807, 2.05) is 6.92 Å². The van der Waals surface area contributed by atoms with Crippen molar-refractivity contribution in [2.75, 3.05) is 11.5 Å². The summed E-state index contributed by atoms with van der Waals surface area (Å²) in [5, 5.41) is 0. The molecule has 0 amide bonds. The number of hydrogen-bond donors (Lipinski definition) is 1. The van der Waals surface area contributed by atoms with Crippen LogP contribution in [0.15, 0.2) is 0 Å². The summed E-state index contributed by atoms with van der Waals surface area (Å²) in [5.74, 6) is 0.390. The smallest absolute Gasteiger partial charge is 0.327 e. The second-order valence-corrected chi connectivity index (χ2v) is 4.82. The molecule has 0 spiro atoms. The molecule has 0 aliphatic heterocycles. The topological polar surface area (TPSA) is 43.1 Å². The Morgan fingerprint density at radius 3 is 2.43 bits per heavy atom. The Morgan fingerprint density at radius 1 is 1.43 bits per heavy atom. The molecule has 0 bridgehead atoms. The fourth-order valence-corrected chi connectivity index (χ4v) is 2.22. The summed E-state index contributed by atoms with van der Waals surface area (Å²) < 4.78 is 46.3. The Balaban J connectivity index is 3.55. The molecule has 0 fully saturated rings. The first kappa shape index (κ1) is 13.9. The minimum atomic E-state index is -4.14. The Kier molecular flexibility index (Phi) is 6.35. The zero-order chi connectivity index (χ0) is 11.2. The Labute approximate surface area is 84.5 Å². The van der Waals surface area contributed by atoms with Gasteiger partial charge in [-0.1, -0.05) is 6.92 Å². The maximum absolute atomic E-state index is 11.7.